The Kier molecular flexibility index (Phi) is 5.12. The van der Waals surface area contributed by atoms with Crippen LogP contribution in [0.4, 0.5) is 23.7 Å². The number of aromatic nitrogens is 2. The van der Waals surface area contributed by atoms with Crippen LogP contribution in [0.2, 0.25) is 5.02 Å². The lowest BCUT2D eigenvalue weighted by molar-refractivity contribution is -0.137. The number of urea groups is 1. The van der Waals surface area contributed by atoms with Crippen LogP contribution < -0.4 is 5.32 Å². The number of nitrogens with zero attached hydrogens (tertiary/aromatic N) is 2. The number of rotatable bonds is 2. The number of fused-ring (bicyclic) bond motifs is 1. The summed E-state index contributed by atoms with van der Waals surface area (Å²) in [6.07, 6.45) is -2.93. The van der Waals surface area contributed by atoms with Crippen LogP contribution in [0.5, 0.6) is 0 Å². The van der Waals surface area contributed by atoms with Crippen molar-refractivity contribution >= 4 is 34.4 Å². The fraction of sp³-hybridized carbons (Fsp3) is 0.300. The van der Waals surface area contributed by atoms with Crippen molar-refractivity contribution in [1.82, 2.24) is 14.9 Å². The summed E-state index contributed by atoms with van der Waals surface area (Å²) in [7, 11) is 0. The first-order valence-corrected chi connectivity index (χ1v) is 9.56. The summed E-state index contributed by atoms with van der Waals surface area (Å²) < 4.78 is 39.1. The summed E-state index contributed by atoms with van der Waals surface area (Å²) >= 11 is 5.63. The van der Waals surface area contributed by atoms with E-state index in [1.165, 1.54) is 6.07 Å². The average molecular weight is 423 g/mol. The Labute approximate surface area is 169 Å². The summed E-state index contributed by atoms with van der Waals surface area (Å²) in [5, 5.41) is 2.14. The Hall–Kier alpha value is -2.74. The maximum Gasteiger partial charge on any atom is 0.417 e. The molecule has 29 heavy (non-hydrogen) atoms. The molecule has 3 aromatic rings. The molecule has 1 atom stereocenters. The van der Waals surface area contributed by atoms with Gasteiger partial charge in [-0.2, -0.15) is 13.2 Å². The average Bonchev–Trinajstić information content (AvgIpc) is 3.13. The first kappa shape index (κ1) is 19.6. The molecule has 0 saturated carbocycles. The third-order valence-electron chi connectivity index (χ3n) is 5.03. The first-order chi connectivity index (χ1) is 13.8. The second-order valence-electron chi connectivity index (χ2n) is 7.05. The lowest BCUT2D eigenvalue weighted by atomic mass is 9.97. The number of H-pyrrole nitrogens is 1. The normalized spacial score (nSPS) is 17.5. The molecule has 2 amide bonds. The van der Waals surface area contributed by atoms with Gasteiger partial charge in [0.15, 0.2) is 0 Å². The molecule has 152 valence electrons. The predicted octanol–water partition coefficient (Wildman–Crippen LogP) is 5.65. The van der Waals surface area contributed by atoms with Gasteiger partial charge in [0, 0.05) is 24.7 Å². The predicted molar refractivity (Wildman–Crippen MR) is 105 cm³/mol. The van der Waals surface area contributed by atoms with E-state index in [4.69, 9.17) is 11.6 Å². The Bertz CT molecular complexity index is 1020. The molecule has 1 saturated heterocycles. The van der Waals surface area contributed by atoms with Crippen molar-refractivity contribution in [2.24, 2.45) is 0 Å². The minimum Gasteiger partial charge on any atom is -0.342 e. The molecule has 2 aromatic carbocycles. The maximum absolute atomic E-state index is 13.0. The number of hydrogen-bond acceptors (Lipinski definition) is 2. The van der Waals surface area contributed by atoms with Gasteiger partial charge in [0.1, 0.15) is 5.82 Å². The molecule has 0 unspecified atom stereocenters. The lowest BCUT2D eigenvalue weighted by Crippen LogP contribution is -2.41. The van der Waals surface area contributed by atoms with Gasteiger partial charge in [0.2, 0.25) is 0 Å². The van der Waals surface area contributed by atoms with E-state index >= 15 is 0 Å². The molecule has 0 radical (unpaired) electrons. The number of anilines is 1. The summed E-state index contributed by atoms with van der Waals surface area (Å²) in [6.45, 7) is 0.966. The van der Waals surface area contributed by atoms with Gasteiger partial charge >= 0.3 is 12.2 Å². The highest BCUT2D eigenvalue weighted by Crippen LogP contribution is 2.36. The topological polar surface area (TPSA) is 61.0 Å². The number of carbonyl (C=O) groups is 1. The molecule has 4 rings (SSSR count). The lowest BCUT2D eigenvalue weighted by Gasteiger charge is -2.32. The molecule has 2 N–H and O–H groups in total. The highest BCUT2D eigenvalue weighted by atomic mass is 35.5. The van der Waals surface area contributed by atoms with Crippen molar-refractivity contribution in [1.29, 1.82) is 0 Å². The van der Waals surface area contributed by atoms with Crippen molar-refractivity contribution in [3.63, 3.8) is 0 Å². The van der Waals surface area contributed by atoms with E-state index in [-0.39, 0.29) is 11.6 Å². The van der Waals surface area contributed by atoms with Crippen LogP contribution in [0.15, 0.2) is 42.5 Å². The summed E-state index contributed by atoms with van der Waals surface area (Å²) in [5.74, 6) is 0.854. The van der Waals surface area contributed by atoms with Gasteiger partial charge in [-0.3, -0.25) is 0 Å². The van der Waals surface area contributed by atoms with Crippen LogP contribution in [-0.2, 0) is 6.18 Å². The van der Waals surface area contributed by atoms with Crippen molar-refractivity contribution in [2.75, 3.05) is 18.4 Å². The highest BCUT2D eigenvalue weighted by molar-refractivity contribution is 6.31. The molecule has 1 fully saturated rings. The minimum atomic E-state index is -4.59. The zero-order chi connectivity index (χ0) is 20.6. The van der Waals surface area contributed by atoms with Gasteiger partial charge in [-0.05, 0) is 43.2 Å². The molecule has 2 heterocycles. The number of likely N-dealkylation sites (tertiary alicyclic amines) is 1. The smallest absolute Gasteiger partial charge is 0.342 e. The second kappa shape index (κ2) is 7.59. The monoisotopic (exact) mass is 422 g/mol. The Morgan fingerprint density at radius 3 is 2.79 bits per heavy atom. The number of hydrogen-bond donors (Lipinski definition) is 2. The van der Waals surface area contributed by atoms with Gasteiger partial charge in [0.05, 0.1) is 21.6 Å². The molecular formula is C20H18ClF3N4O. The van der Waals surface area contributed by atoms with E-state index in [1.54, 1.807) is 4.90 Å². The summed E-state index contributed by atoms with van der Waals surface area (Å²) in [4.78, 5) is 22.1. The number of carbonyl (C=O) groups excluding carboxylic acids is 1. The van der Waals surface area contributed by atoms with Gasteiger partial charge < -0.3 is 15.2 Å². The Morgan fingerprint density at radius 1 is 1.24 bits per heavy atom. The largest absolute Gasteiger partial charge is 0.417 e. The number of amides is 2. The quantitative estimate of drug-likeness (QED) is 0.561. The van der Waals surface area contributed by atoms with E-state index in [2.05, 4.69) is 15.3 Å². The van der Waals surface area contributed by atoms with Crippen molar-refractivity contribution in [3.8, 4) is 0 Å². The zero-order valence-corrected chi connectivity index (χ0v) is 16.0. The van der Waals surface area contributed by atoms with E-state index in [1.807, 2.05) is 24.3 Å². The SMILES string of the molecule is O=C(Nc1ccc(Cl)c(C(F)(F)F)c1)N1CCC[C@@H](c2nc3ccccc3[nH]2)C1. The van der Waals surface area contributed by atoms with E-state index in [0.717, 1.165) is 41.8 Å². The summed E-state index contributed by atoms with van der Waals surface area (Å²) in [6, 6.07) is 10.6. The number of para-hydroxylation sites is 2. The van der Waals surface area contributed by atoms with E-state index in [9.17, 15) is 18.0 Å². The zero-order valence-electron chi connectivity index (χ0n) is 15.3. The van der Waals surface area contributed by atoms with Crippen LogP contribution in [-0.4, -0.2) is 34.0 Å². The number of piperidine rings is 1. The van der Waals surface area contributed by atoms with Gasteiger partial charge in [0.25, 0.3) is 0 Å². The van der Waals surface area contributed by atoms with Gasteiger partial charge in [-0.15, -0.1) is 0 Å². The van der Waals surface area contributed by atoms with E-state index in [0.29, 0.717) is 13.1 Å². The molecule has 0 aliphatic carbocycles. The Balaban J connectivity index is 1.48. The number of benzene rings is 2. The van der Waals surface area contributed by atoms with Gasteiger partial charge in [-0.25, -0.2) is 9.78 Å². The van der Waals surface area contributed by atoms with Crippen molar-refractivity contribution < 1.29 is 18.0 Å². The molecular weight excluding hydrogens is 405 g/mol. The van der Waals surface area contributed by atoms with Gasteiger partial charge in [-0.1, -0.05) is 23.7 Å². The van der Waals surface area contributed by atoms with Crippen molar-refractivity contribution in [3.05, 3.63) is 58.9 Å². The fourth-order valence-corrected chi connectivity index (χ4v) is 3.80. The molecule has 1 aliphatic heterocycles. The molecule has 5 nitrogen and oxygen atoms in total. The number of imidazole rings is 1. The summed E-state index contributed by atoms with van der Waals surface area (Å²) in [5.41, 5.74) is 0.878. The standard InChI is InChI=1S/C20H18ClF3N4O/c21-15-8-7-13(10-14(15)20(22,23)24)25-19(29)28-9-3-4-12(11-28)18-26-16-5-1-2-6-17(16)27-18/h1-2,5-8,10,12H,3-4,9,11H2,(H,25,29)(H,26,27)/t12-/m1/s1. The highest BCUT2D eigenvalue weighted by Gasteiger charge is 2.34. The third kappa shape index (κ3) is 4.17. The van der Waals surface area contributed by atoms with Crippen molar-refractivity contribution in [2.45, 2.75) is 24.9 Å². The molecule has 0 spiro atoms. The maximum atomic E-state index is 13.0. The second-order valence-corrected chi connectivity index (χ2v) is 7.45. The third-order valence-corrected chi connectivity index (χ3v) is 5.36. The number of nitrogens with one attached hydrogen (secondary N) is 2. The number of alkyl halides is 3. The molecule has 0 bridgehead atoms. The molecule has 1 aliphatic rings. The van der Waals surface area contributed by atoms with Crippen LogP contribution in [0.1, 0.15) is 30.1 Å². The van der Waals surface area contributed by atoms with Crippen LogP contribution in [0, 0.1) is 0 Å². The number of halogens is 4. The van der Waals surface area contributed by atoms with Crippen LogP contribution in [0.3, 0.4) is 0 Å². The van der Waals surface area contributed by atoms with Crippen LogP contribution >= 0.6 is 11.6 Å². The van der Waals surface area contributed by atoms with Crippen LogP contribution in [0.25, 0.3) is 11.0 Å². The number of aromatic amines is 1. The first-order valence-electron chi connectivity index (χ1n) is 9.18. The molecule has 9 heteroatoms. The minimum absolute atomic E-state index is 0.0397. The fourth-order valence-electron chi connectivity index (χ4n) is 3.57. The van der Waals surface area contributed by atoms with E-state index < -0.39 is 22.8 Å². The molecule has 1 aromatic heterocycles. The Morgan fingerprint density at radius 2 is 2.03 bits per heavy atom.